The number of hydrogen-bond donors (Lipinski definition) is 1. The van der Waals surface area contributed by atoms with Crippen LogP contribution in [0.3, 0.4) is 0 Å². The van der Waals surface area contributed by atoms with Crippen molar-refractivity contribution in [2.75, 3.05) is 12.5 Å². The highest BCUT2D eigenvalue weighted by Gasteiger charge is 2.32. The van der Waals surface area contributed by atoms with Crippen LogP contribution in [-0.2, 0) is 19.3 Å². The van der Waals surface area contributed by atoms with Gasteiger partial charge in [-0.2, -0.15) is 8.42 Å². The van der Waals surface area contributed by atoms with Crippen LogP contribution in [0.4, 0.5) is 0 Å². The topological polar surface area (TPSA) is 72.8 Å². The summed E-state index contributed by atoms with van der Waals surface area (Å²) in [5.41, 5.74) is 0. The number of alkyl halides is 1. The summed E-state index contributed by atoms with van der Waals surface area (Å²) in [5.74, 6) is -1.98. The lowest BCUT2D eigenvalue weighted by Crippen LogP contribution is -2.37. The van der Waals surface area contributed by atoms with E-state index in [1.807, 2.05) is 0 Å². The molecule has 0 aliphatic carbocycles. The molecule has 0 aromatic carbocycles. The lowest BCUT2D eigenvalue weighted by Gasteiger charge is -2.25. The molecule has 0 aliphatic rings. The van der Waals surface area contributed by atoms with Gasteiger partial charge in [0.15, 0.2) is 0 Å². The van der Waals surface area contributed by atoms with Crippen molar-refractivity contribution in [3.63, 3.8) is 0 Å². The zero-order valence-electron chi connectivity index (χ0n) is 7.07. The van der Waals surface area contributed by atoms with Gasteiger partial charge >= 0.3 is 10.4 Å². The lowest BCUT2D eigenvalue weighted by molar-refractivity contribution is -0.126. The average molecular weight is 231 g/mol. The van der Waals surface area contributed by atoms with Crippen LogP contribution in [0.25, 0.3) is 0 Å². The van der Waals surface area contributed by atoms with Gasteiger partial charge in [-0.05, 0) is 13.0 Å². The van der Waals surface area contributed by atoms with E-state index in [-0.39, 0.29) is 12.5 Å². The normalized spacial score (nSPS) is 16.5. The van der Waals surface area contributed by atoms with Crippen LogP contribution >= 0.6 is 11.6 Å². The maximum atomic E-state index is 10.4. The van der Waals surface area contributed by atoms with E-state index in [4.69, 9.17) is 20.9 Å². The molecule has 0 fully saturated rings. The third kappa shape index (κ3) is 4.58. The van der Waals surface area contributed by atoms with E-state index < -0.39 is 16.2 Å². The number of halogens is 1. The summed E-state index contributed by atoms with van der Waals surface area (Å²) in [6.45, 7) is 5.09. The molecule has 0 heterocycles. The van der Waals surface area contributed by atoms with Crippen molar-refractivity contribution in [1.82, 2.24) is 0 Å². The Bertz CT molecular complexity index is 262. The van der Waals surface area contributed by atoms with Gasteiger partial charge < -0.3 is 4.74 Å². The minimum Gasteiger partial charge on any atom is -0.345 e. The molecule has 0 aromatic heterocycles. The molecule has 0 aromatic rings. The molecule has 0 saturated heterocycles. The van der Waals surface area contributed by atoms with E-state index in [0.29, 0.717) is 0 Å². The van der Waals surface area contributed by atoms with Crippen LogP contribution in [0.2, 0.25) is 0 Å². The monoisotopic (exact) mass is 230 g/mol. The molecule has 0 spiro atoms. The van der Waals surface area contributed by atoms with Gasteiger partial charge in [0, 0.05) is 6.61 Å². The first kappa shape index (κ1) is 12.9. The number of rotatable bonds is 6. The Hall–Kier alpha value is -0.140. The second-order valence-corrected chi connectivity index (χ2v) is 3.38. The Morgan fingerprint density at radius 1 is 1.69 bits per heavy atom. The highest BCUT2D eigenvalue weighted by Crippen LogP contribution is 2.19. The largest absolute Gasteiger partial charge is 0.400 e. The van der Waals surface area contributed by atoms with Gasteiger partial charge in [-0.15, -0.1) is 11.6 Å². The second-order valence-electron chi connectivity index (χ2n) is 2.09. The molecule has 7 heteroatoms. The summed E-state index contributed by atoms with van der Waals surface area (Å²) in [6.07, 6.45) is 1.07. The molecule has 0 saturated carbocycles. The first-order chi connectivity index (χ1) is 5.89. The van der Waals surface area contributed by atoms with Gasteiger partial charge in [0.05, 0.1) is 5.88 Å². The van der Waals surface area contributed by atoms with Crippen molar-refractivity contribution in [2.24, 2.45) is 0 Å². The van der Waals surface area contributed by atoms with Gasteiger partial charge in [0.25, 0.3) is 0 Å². The standard InChI is InChI=1S/C6H11ClO5S/c1-3-6(5-7,11-4-2)12-13(8,9)10/h3H,1,4-5H2,2H3,(H,8,9,10). The molecule has 0 bridgehead atoms. The molecular weight excluding hydrogens is 220 g/mol. The molecule has 0 rings (SSSR count). The third-order valence-electron chi connectivity index (χ3n) is 1.13. The smallest absolute Gasteiger partial charge is 0.345 e. The predicted octanol–water partition coefficient (Wildman–Crippen LogP) is 0.963. The average Bonchev–Trinajstić information content (AvgIpc) is 2.01. The Kier molecular flexibility index (Phi) is 4.87. The minimum absolute atomic E-state index is 0.175. The van der Waals surface area contributed by atoms with E-state index >= 15 is 0 Å². The highest BCUT2D eigenvalue weighted by molar-refractivity contribution is 7.80. The van der Waals surface area contributed by atoms with Crippen molar-refractivity contribution in [3.8, 4) is 0 Å². The van der Waals surface area contributed by atoms with Crippen LogP contribution in [0.15, 0.2) is 12.7 Å². The first-order valence-corrected chi connectivity index (χ1v) is 5.30. The molecular formula is C6H11ClO5S. The maximum absolute atomic E-state index is 10.4. The SMILES string of the molecule is C=CC(CCl)(OCC)OS(=O)(=O)O. The zero-order valence-corrected chi connectivity index (χ0v) is 8.64. The predicted molar refractivity (Wildman–Crippen MR) is 47.9 cm³/mol. The summed E-state index contributed by atoms with van der Waals surface area (Å²) in [6, 6.07) is 0. The first-order valence-electron chi connectivity index (χ1n) is 3.40. The van der Waals surface area contributed by atoms with Gasteiger partial charge in [-0.3, -0.25) is 4.55 Å². The highest BCUT2D eigenvalue weighted by atomic mass is 35.5. The molecule has 1 atom stereocenters. The van der Waals surface area contributed by atoms with Crippen LogP contribution in [0.1, 0.15) is 6.92 Å². The number of ether oxygens (including phenoxy) is 1. The molecule has 5 nitrogen and oxygen atoms in total. The van der Waals surface area contributed by atoms with Gasteiger partial charge in [-0.25, -0.2) is 4.18 Å². The minimum atomic E-state index is -4.61. The number of hydrogen-bond acceptors (Lipinski definition) is 4. The van der Waals surface area contributed by atoms with E-state index in [2.05, 4.69) is 10.8 Å². The fourth-order valence-electron chi connectivity index (χ4n) is 0.655. The molecule has 78 valence electrons. The van der Waals surface area contributed by atoms with E-state index in [1.165, 1.54) is 0 Å². The van der Waals surface area contributed by atoms with Crippen molar-refractivity contribution in [1.29, 1.82) is 0 Å². The van der Waals surface area contributed by atoms with Gasteiger partial charge in [0.1, 0.15) is 0 Å². The second kappa shape index (κ2) is 4.92. The van der Waals surface area contributed by atoms with Crippen LogP contribution in [0.5, 0.6) is 0 Å². The summed E-state index contributed by atoms with van der Waals surface area (Å²) in [5, 5.41) is 0. The Labute approximate surface area is 82.2 Å². The Morgan fingerprint density at radius 2 is 2.23 bits per heavy atom. The maximum Gasteiger partial charge on any atom is 0.400 e. The Balaban J connectivity index is 4.67. The summed E-state index contributed by atoms with van der Waals surface area (Å²) >= 11 is 5.41. The van der Waals surface area contributed by atoms with E-state index in [9.17, 15) is 8.42 Å². The quantitative estimate of drug-likeness (QED) is 0.319. The molecule has 1 N–H and O–H groups in total. The molecule has 1 unspecified atom stereocenters. The fourth-order valence-corrected chi connectivity index (χ4v) is 1.49. The molecule has 0 aliphatic heterocycles. The summed E-state index contributed by atoms with van der Waals surface area (Å²) in [4.78, 5) is 0. The van der Waals surface area contributed by atoms with Gasteiger partial charge in [-0.1, -0.05) is 6.58 Å². The molecule has 13 heavy (non-hydrogen) atoms. The van der Waals surface area contributed by atoms with Crippen molar-refractivity contribution >= 4 is 22.0 Å². The fraction of sp³-hybridized carbons (Fsp3) is 0.667. The molecule has 0 amide bonds. The van der Waals surface area contributed by atoms with Gasteiger partial charge in [0.2, 0.25) is 5.79 Å². The van der Waals surface area contributed by atoms with Crippen molar-refractivity contribution in [3.05, 3.63) is 12.7 Å². The van der Waals surface area contributed by atoms with E-state index in [1.54, 1.807) is 6.92 Å². The zero-order chi connectivity index (χ0) is 10.5. The summed E-state index contributed by atoms with van der Waals surface area (Å²) in [7, 11) is -4.61. The molecule has 0 radical (unpaired) electrons. The summed E-state index contributed by atoms with van der Waals surface area (Å²) < 4.78 is 38.3. The van der Waals surface area contributed by atoms with Crippen LogP contribution < -0.4 is 0 Å². The van der Waals surface area contributed by atoms with Crippen LogP contribution in [0, 0.1) is 0 Å². The van der Waals surface area contributed by atoms with Crippen molar-refractivity contribution in [2.45, 2.75) is 12.7 Å². The van der Waals surface area contributed by atoms with Crippen LogP contribution in [-0.4, -0.2) is 31.2 Å². The lowest BCUT2D eigenvalue weighted by atomic mass is 10.3. The Morgan fingerprint density at radius 3 is 2.46 bits per heavy atom. The van der Waals surface area contributed by atoms with E-state index in [0.717, 1.165) is 6.08 Å². The van der Waals surface area contributed by atoms with Crippen molar-refractivity contribution < 1.29 is 21.9 Å². The third-order valence-corrected chi connectivity index (χ3v) is 2.00.